The third kappa shape index (κ3) is 5.88. The van der Waals surface area contributed by atoms with Gasteiger partial charge >= 0.3 is 0 Å². The van der Waals surface area contributed by atoms with Crippen LogP contribution in [0.2, 0.25) is 0 Å². The van der Waals surface area contributed by atoms with Crippen LogP contribution >= 0.6 is 0 Å². The van der Waals surface area contributed by atoms with Crippen LogP contribution in [0.5, 0.6) is 0 Å². The van der Waals surface area contributed by atoms with Gasteiger partial charge in [0.05, 0.1) is 43.9 Å². The Labute approximate surface area is 285 Å². The summed E-state index contributed by atoms with van der Waals surface area (Å²) in [6.45, 7) is 0. The fourth-order valence-electron chi connectivity index (χ4n) is 5.95. The molecule has 6 nitrogen and oxygen atoms in total. The lowest BCUT2D eigenvalue weighted by atomic mass is 10.1. The first-order valence-electron chi connectivity index (χ1n) is 15.9. The summed E-state index contributed by atoms with van der Waals surface area (Å²) in [5, 5.41) is 9.85. The second-order valence-corrected chi connectivity index (χ2v) is 13.6. The van der Waals surface area contributed by atoms with Gasteiger partial charge in [0.15, 0.2) is 0 Å². The Bertz CT molecular complexity index is 2290. The van der Waals surface area contributed by atoms with E-state index in [1.54, 1.807) is 48.5 Å². The highest BCUT2D eigenvalue weighted by atomic mass is 32.2. The Morgan fingerprint density at radius 2 is 0.673 bits per heavy atom. The van der Waals surface area contributed by atoms with Crippen molar-refractivity contribution < 1.29 is 8.42 Å². The van der Waals surface area contributed by atoms with Gasteiger partial charge in [-0.15, -0.1) is 0 Å². The van der Waals surface area contributed by atoms with Crippen molar-refractivity contribution in [3.05, 3.63) is 182 Å². The molecule has 0 aliphatic rings. The minimum Gasteiger partial charge on any atom is -0.232 e. The van der Waals surface area contributed by atoms with Crippen LogP contribution in [-0.2, 0) is 9.84 Å². The van der Waals surface area contributed by atoms with E-state index in [-0.39, 0.29) is 9.79 Å². The molecule has 0 saturated carbocycles. The minimum absolute atomic E-state index is 0.205. The van der Waals surface area contributed by atoms with Gasteiger partial charge < -0.3 is 0 Å². The Morgan fingerprint density at radius 1 is 0.367 bits per heavy atom. The molecule has 49 heavy (non-hydrogen) atoms. The van der Waals surface area contributed by atoms with Crippen molar-refractivity contribution in [2.75, 3.05) is 0 Å². The van der Waals surface area contributed by atoms with E-state index in [2.05, 4.69) is 12.1 Å². The number of rotatable bonds is 8. The molecule has 236 valence electrons. The summed E-state index contributed by atoms with van der Waals surface area (Å²) in [4.78, 5) is 0.409. The van der Waals surface area contributed by atoms with Crippen LogP contribution in [0.4, 0.5) is 0 Å². The number of hydrogen-bond acceptors (Lipinski definition) is 4. The maximum absolute atomic E-state index is 13.8. The van der Waals surface area contributed by atoms with Gasteiger partial charge in [-0.1, -0.05) is 121 Å². The maximum atomic E-state index is 13.8. The zero-order chi connectivity index (χ0) is 33.2. The molecular formula is C42H30N4O2S. The second-order valence-electron chi connectivity index (χ2n) is 11.6. The monoisotopic (exact) mass is 654 g/mol. The standard InChI is InChI=1S/C42H30N4O2S/c47-49(48,37-25-21-35(22-26-37)45-41(33-17-9-3-10-18-33)29-39(43-45)31-13-5-1-6-14-31)38-27-23-36(24-28-38)46-42(34-19-11-4-12-20-34)30-40(44-46)32-15-7-2-8-16-32/h1-30H. The number of aromatic nitrogens is 4. The van der Waals surface area contributed by atoms with Crippen molar-refractivity contribution in [1.29, 1.82) is 0 Å². The average molecular weight is 655 g/mol. The van der Waals surface area contributed by atoms with E-state index in [0.717, 1.165) is 56.4 Å². The average Bonchev–Trinajstić information content (AvgIpc) is 3.83. The third-order valence-electron chi connectivity index (χ3n) is 8.48. The number of nitrogens with zero attached hydrogens (tertiary/aromatic N) is 4. The normalized spacial score (nSPS) is 11.4. The first-order valence-corrected chi connectivity index (χ1v) is 17.4. The van der Waals surface area contributed by atoms with Crippen molar-refractivity contribution in [2.24, 2.45) is 0 Å². The molecule has 0 unspecified atom stereocenters. The van der Waals surface area contributed by atoms with Gasteiger partial charge in [0.25, 0.3) is 0 Å². The minimum atomic E-state index is -3.80. The van der Waals surface area contributed by atoms with E-state index in [1.807, 2.05) is 131 Å². The molecule has 0 fully saturated rings. The first-order chi connectivity index (χ1) is 24.0. The van der Waals surface area contributed by atoms with Gasteiger partial charge in [-0.25, -0.2) is 17.8 Å². The summed E-state index contributed by atoms with van der Waals surface area (Å²) in [5.74, 6) is 0. The first kappa shape index (κ1) is 30.1. The van der Waals surface area contributed by atoms with Crippen molar-refractivity contribution >= 4 is 9.84 Å². The molecule has 8 aromatic rings. The molecule has 0 aliphatic heterocycles. The van der Waals surface area contributed by atoms with Gasteiger partial charge in [-0.2, -0.15) is 10.2 Å². The summed E-state index contributed by atoms with van der Waals surface area (Å²) in [7, 11) is -3.80. The summed E-state index contributed by atoms with van der Waals surface area (Å²) in [5.41, 5.74) is 9.04. The highest BCUT2D eigenvalue weighted by Gasteiger charge is 2.20. The van der Waals surface area contributed by atoms with Crippen LogP contribution in [0, 0.1) is 0 Å². The lowest BCUT2D eigenvalue weighted by Gasteiger charge is -2.11. The predicted molar refractivity (Wildman–Crippen MR) is 194 cm³/mol. The summed E-state index contributed by atoms with van der Waals surface area (Å²) in [6.07, 6.45) is 0. The highest BCUT2D eigenvalue weighted by molar-refractivity contribution is 7.91. The zero-order valence-electron chi connectivity index (χ0n) is 26.3. The molecule has 6 aromatic carbocycles. The van der Waals surface area contributed by atoms with Crippen LogP contribution in [0.3, 0.4) is 0 Å². The maximum Gasteiger partial charge on any atom is 0.206 e. The van der Waals surface area contributed by atoms with E-state index in [4.69, 9.17) is 10.2 Å². The Balaban J connectivity index is 1.12. The molecule has 7 heteroatoms. The lowest BCUT2D eigenvalue weighted by Crippen LogP contribution is -2.05. The Hall–Kier alpha value is -6.31. The van der Waals surface area contributed by atoms with Crippen molar-refractivity contribution in [3.63, 3.8) is 0 Å². The van der Waals surface area contributed by atoms with E-state index in [9.17, 15) is 8.42 Å². The molecule has 0 spiro atoms. The Kier molecular flexibility index (Phi) is 7.80. The summed E-state index contributed by atoms with van der Waals surface area (Å²) in [6, 6.07) is 58.0. The number of hydrogen-bond donors (Lipinski definition) is 0. The van der Waals surface area contributed by atoms with Crippen LogP contribution in [-0.4, -0.2) is 28.0 Å². The van der Waals surface area contributed by atoms with Crippen molar-refractivity contribution in [1.82, 2.24) is 19.6 Å². The van der Waals surface area contributed by atoms with E-state index < -0.39 is 9.84 Å². The van der Waals surface area contributed by atoms with E-state index in [0.29, 0.717) is 0 Å². The summed E-state index contributed by atoms with van der Waals surface area (Å²) < 4.78 is 31.4. The number of sulfone groups is 1. The van der Waals surface area contributed by atoms with Crippen molar-refractivity contribution in [2.45, 2.75) is 9.79 Å². The molecule has 0 N–H and O–H groups in total. The molecule has 2 aromatic heterocycles. The quantitative estimate of drug-likeness (QED) is 0.164. The molecule has 0 radical (unpaired) electrons. The molecule has 0 atom stereocenters. The number of benzene rings is 6. The Morgan fingerprint density at radius 3 is 1.00 bits per heavy atom. The van der Waals surface area contributed by atoms with Gasteiger partial charge in [-0.05, 0) is 60.7 Å². The molecule has 0 bridgehead atoms. The van der Waals surface area contributed by atoms with Gasteiger partial charge in [0.1, 0.15) is 0 Å². The van der Waals surface area contributed by atoms with Gasteiger partial charge in [0, 0.05) is 22.3 Å². The molecule has 8 rings (SSSR count). The predicted octanol–water partition coefficient (Wildman–Crippen LogP) is 9.56. The highest BCUT2D eigenvalue weighted by Crippen LogP contribution is 2.32. The fraction of sp³-hybridized carbons (Fsp3) is 0. The van der Waals surface area contributed by atoms with Crippen LogP contribution in [0.25, 0.3) is 56.4 Å². The molecule has 0 amide bonds. The molecular weight excluding hydrogens is 625 g/mol. The van der Waals surface area contributed by atoms with E-state index in [1.165, 1.54) is 0 Å². The third-order valence-corrected chi connectivity index (χ3v) is 10.3. The SMILES string of the molecule is O=S(=O)(c1ccc(-n2nc(-c3ccccc3)cc2-c2ccccc2)cc1)c1ccc(-n2nc(-c3ccccc3)cc2-c2ccccc2)cc1. The molecule has 2 heterocycles. The van der Waals surface area contributed by atoms with Crippen LogP contribution < -0.4 is 0 Å². The molecule has 0 saturated heterocycles. The topological polar surface area (TPSA) is 69.8 Å². The van der Waals surface area contributed by atoms with Gasteiger partial charge in [0.2, 0.25) is 9.84 Å². The fourth-order valence-corrected chi connectivity index (χ4v) is 7.21. The summed E-state index contributed by atoms with van der Waals surface area (Å²) >= 11 is 0. The second kappa shape index (κ2) is 12.7. The smallest absolute Gasteiger partial charge is 0.206 e. The zero-order valence-corrected chi connectivity index (χ0v) is 27.2. The largest absolute Gasteiger partial charge is 0.232 e. The van der Waals surface area contributed by atoms with Crippen LogP contribution in [0.1, 0.15) is 0 Å². The van der Waals surface area contributed by atoms with Crippen LogP contribution in [0.15, 0.2) is 192 Å². The molecule has 0 aliphatic carbocycles. The van der Waals surface area contributed by atoms with Crippen molar-refractivity contribution in [3.8, 4) is 56.4 Å². The lowest BCUT2D eigenvalue weighted by molar-refractivity contribution is 0.596. The van der Waals surface area contributed by atoms with E-state index >= 15 is 0 Å². The van der Waals surface area contributed by atoms with Gasteiger partial charge in [-0.3, -0.25) is 0 Å².